The Balaban J connectivity index is 1.97. The normalized spacial score (nSPS) is 24.4. The highest BCUT2D eigenvalue weighted by Gasteiger charge is 2.51. The molecule has 1 fully saturated rings. The van der Waals surface area contributed by atoms with Gasteiger partial charge in [-0.15, -0.1) is 0 Å². The average Bonchev–Trinajstić information content (AvgIpc) is 2.71. The van der Waals surface area contributed by atoms with E-state index in [0.29, 0.717) is 5.75 Å². The van der Waals surface area contributed by atoms with E-state index in [9.17, 15) is 9.59 Å². The topological polar surface area (TPSA) is 55.4 Å². The first-order valence-corrected chi connectivity index (χ1v) is 7.84. The van der Waals surface area contributed by atoms with Crippen LogP contribution in [0.15, 0.2) is 18.2 Å². The van der Waals surface area contributed by atoms with Gasteiger partial charge in [-0.3, -0.25) is 14.9 Å². The quantitative estimate of drug-likeness (QED) is 0.686. The molecule has 2 aliphatic rings. The van der Waals surface area contributed by atoms with Gasteiger partial charge in [-0.1, -0.05) is 25.5 Å². The Morgan fingerprint density at radius 3 is 2.95 bits per heavy atom. The molecular formula is C15H17NO3S. The summed E-state index contributed by atoms with van der Waals surface area (Å²) in [6, 6.07) is 6.01. The van der Waals surface area contributed by atoms with Gasteiger partial charge in [-0.05, 0) is 24.5 Å². The summed E-state index contributed by atoms with van der Waals surface area (Å²) in [7, 11) is 0. The zero-order valence-corrected chi connectivity index (χ0v) is 12.2. The molecule has 1 spiro atoms. The molecule has 1 unspecified atom stereocenters. The molecule has 1 atom stereocenters. The van der Waals surface area contributed by atoms with E-state index in [0.717, 1.165) is 30.6 Å². The van der Waals surface area contributed by atoms with Crippen molar-refractivity contribution >= 4 is 23.9 Å². The SMILES string of the molecule is CCCCc1ccc2c(c1)OSCC21CC(=O)NC1=O. The molecule has 5 heteroatoms. The number of hydrogen-bond donors (Lipinski definition) is 1. The van der Waals surface area contributed by atoms with Crippen LogP contribution in [0.3, 0.4) is 0 Å². The molecule has 0 bridgehead atoms. The summed E-state index contributed by atoms with van der Waals surface area (Å²) in [5.74, 6) is 0.838. The highest BCUT2D eigenvalue weighted by atomic mass is 32.2. The Morgan fingerprint density at radius 1 is 1.40 bits per heavy atom. The summed E-state index contributed by atoms with van der Waals surface area (Å²) in [5, 5.41) is 2.42. The van der Waals surface area contributed by atoms with E-state index in [1.54, 1.807) is 0 Å². The third-order valence-corrected chi connectivity index (χ3v) is 4.89. The molecule has 106 valence electrons. The summed E-state index contributed by atoms with van der Waals surface area (Å²) in [5.41, 5.74) is 1.33. The fourth-order valence-corrected chi connectivity index (χ4v) is 3.73. The maximum atomic E-state index is 12.2. The predicted molar refractivity (Wildman–Crippen MR) is 77.6 cm³/mol. The molecule has 3 rings (SSSR count). The summed E-state index contributed by atoms with van der Waals surface area (Å²) in [6.07, 6.45) is 3.52. The Bertz CT molecular complexity index is 572. The molecule has 1 N–H and O–H groups in total. The van der Waals surface area contributed by atoms with Gasteiger partial charge in [0.1, 0.15) is 5.75 Å². The van der Waals surface area contributed by atoms with E-state index >= 15 is 0 Å². The monoisotopic (exact) mass is 291 g/mol. The lowest BCUT2D eigenvalue weighted by Gasteiger charge is -2.31. The van der Waals surface area contributed by atoms with Crippen LogP contribution >= 0.6 is 12.0 Å². The van der Waals surface area contributed by atoms with Crippen molar-refractivity contribution in [1.29, 1.82) is 0 Å². The molecule has 20 heavy (non-hydrogen) atoms. The van der Waals surface area contributed by atoms with Gasteiger partial charge in [0.15, 0.2) is 0 Å². The van der Waals surface area contributed by atoms with Crippen LogP contribution in [0.2, 0.25) is 0 Å². The van der Waals surface area contributed by atoms with Gasteiger partial charge in [0.2, 0.25) is 11.8 Å². The van der Waals surface area contributed by atoms with Crippen LogP contribution in [-0.4, -0.2) is 17.6 Å². The largest absolute Gasteiger partial charge is 0.425 e. The van der Waals surface area contributed by atoms with E-state index in [2.05, 4.69) is 12.2 Å². The van der Waals surface area contributed by atoms with Crippen LogP contribution in [0.25, 0.3) is 0 Å². The van der Waals surface area contributed by atoms with E-state index < -0.39 is 5.41 Å². The van der Waals surface area contributed by atoms with E-state index in [1.807, 2.05) is 18.2 Å². The Kier molecular flexibility index (Phi) is 3.46. The summed E-state index contributed by atoms with van der Waals surface area (Å²) >= 11 is 1.26. The number of amides is 2. The highest BCUT2D eigenvalue weighted by molar-refractivity contribution is 7.95. The number of carbonyl (C=O) groups is 2. The summed E-state index contributed by atoms with van der Waals surface area (Å²) in [4.78, 5) is 23.7. The van der Waals surface area contributed by atoms with Crippen LogP contribution in [0.1, 0.15) is 37.3 Å². The van der Waals surface area contributed by atoms with Gasteiger partial charge < -0.3 is 4.18 Å². The fourth-order valence-electron chi connectivity index (χ4n) is 2.82. The van der Waals surface area contributed by atoms with Gasteiger partial charge in [-0.2, -0.15) is 0 Å². The van der Waals surface area contributed by atoms with Crippen LogP contribution in [0.4, 0.5) is 0 Å². The predicted octanol–water partition coefficient (Wildman–Crippen LogP) is 2.35. The van der Waals surface area contributed by atoms with Gasteiger partial charge in [-0.25, -0.2) is 0 Å². The zero-order chi connectivity index (χ0) is 14.2. The first kappa shape index (κ1) is 13.5. The van der Waals surface area contributed by atoms with Gasteiger partial charge in [0.05, 0.1) is 23.2 Å². The molecule has 0 radical (unpaired) electrons. The molecule has 0 aliphatic carbocycles. The summed E-state index contributed by atoms with van der Waals surface area (Å²) in [6.45, 7) is 2.16. The van der Waals surface area contributed by atoms with Gasteiger partial charge >= 0.3 is 0 Å². The maximum absolute atomic E-state index is 12.2. The van der Waals surface area contributed by atoms with Crippen LogP contribution in [0.5, 0.6) is 5.75 Å². The minimum Gasteiger partial charge on any atom is -0.425 e. The van der Waals surface area contributed by atoms with Gasteiger partial charge in [0.25, 0.3) is 0 Å². The second kappa shape index (κ2) is 5.13. The van der Waals surface area contributed by atoms with E-state index in [1.165, 1.54) is 17.6 Å². The third kappa shape index (κ3) is 2.10. The molecule has 1 saturated heterocycles. The third-order valence-electron chi connectivity index (χ3n) is 3.98. The van der Waals surface area contributed by atoms with E-state index in [4.69, 9.17) is 4.18 Å². The van der Waals surface area contributed by atoms with Crippen LogP contribution in [0, 0.1) is 0 Å². The number of carbonyl (C=O) groups excluding carboxylic acids is 2. The molecular weight excluding hydrogens is 274 g/mol. The Labute approximate surface area is 122 Å². The van der Waals surface area contributed by atoms with Crippen LogP contribution in [-0.2, 0) is 21.4 Å². The second-order valence-electron chi connectivity index (χ2n) is 5.42. The molecule has 2 heterocycles. The number of fused-ring (bicyclic) bond motifs is 2. The minimum absolute atomic E-state index is 0.194. The summed E-state index contributed by atoms with van der Waals surface area (Å²) < 4.78 is 5.64. The van der Waals surface area contributed by atoms with Crippen molar-refractivity contribution in [1.82, 2.24) is 5.32 Å². The van der Waals surface area contributed by atoms with Crippen LogP contribution < -0.4 is 9.50 Å². The Morgan fingerprint density at radius 2 is 2.25 bits per heavy atom. The molecule has 4 nitrogen and oxygen atoms in total. The molecule has 2 aliphatic heterocycles. The van der Waals surface area contributed by atoms with Crippen molar-refractivity contribution in [2.24, 2.45) is 0 Å². The lowest BCUT2D eigenvalue weighted by Crippen LogP contribution is -2.40. The highest BCUT2D eigenvalue weighted by Crippen LogP contribution is 2.45. The number of benzene rings is 1. The maximum Gasteiger partial charge on any atom is 0.238 e. The molecule has 0 saturated carbocycles. The minimum atomic E-state index is -0.737. The molecule has 1 aromatic rings. The zero-order valence-electron chi connectivity index (χ0n) is 11.4. The van der Waals surface area contributed by atoms with Crippen molar-refractivity contribution in [2.45, 2.75) is 38.0 Å². The standard InChI is InChI=1S/C15H17NO3S/c1-2-3-4-10-5-6-11-12(7-10)19-20-9-15(11)8-13(17)16-14(15)18/h5-7H,2-4,8-9H2,1H3,(H,16,17,18). The lowest BCUT2D eigenvalue weighted by molar-refractivity contribution is -0.126. The first-order chi connectivity index (χ1) is 9.65. The number of aryl methyl sites for hydroxylation is 1. The Hall–Kier alpha value is -1.49. The van der Waals surface area contributed by atoms with Crippen molar-refractivity contribution < 1.29 is 13.8 Å². The smallest absolute Gasteiger partial charge is 0.238 e. The number of rotatable bonds is 3. The first-order valence-electron chi connectivity index (χ1n) is 6.93. The van der Waals surface area contributed by atoms with Crippen molar-refractivity contribution in [3.8, 4) is 5.75 Å². The number of nitrogens with one attached hydrogen (secondary N) is 1. The lowest BCUT2D eigenvalue weighted by atomic mass is 9.79. The van der Waals surface area contributed by atoms with E-state index in [-0.39, 0.29) is 18.2 Å². The molecule has 0 aromatic heterocycles. The van der Waals surface area contributed by atoms with Crippen molar-refractivity contribution in [3.63, 3.8) is 0 Å². The van der Waals surface area contributed by atoms with Crippen molar-refractivity contribution in [3.05, 3.63) is 29.3 Å². The number of imide groups is 1. The average molecular weight is 291 g/mol. The number of hydrogen-bond acceptors (Lipinski definition) is 4. The number of unbranched alkanes of at least 4 members (excludes halogenated alkanes) is 1. The van der Waals surface area contributed by atoms with Crippen molar-refractivity contribution in [2.75, 3.05) is 5.75 Å². The van der Waals surface area contributed by atoms with Gasteiger partial charge in [0, 0.05) is 12.0 Å². The second-order valence-corrected chi connectivity index (χ2v) is 6.11. The fraction of sp³-hybridized carbons (Fsp3) is 0.467. The molecule has 1 aromatic carbocycles. The molecule has 2 amide bonds.